The average molecular weight is 258 g/mol. The van der Waals surface area contributed by atoms with Crippen molar-refractivity contribution in [3.8, 4) is 0 Å². The summed E-state index contributed by atoms with van der Waals surface area (Å²) < 4.78 is 0. The molecule has 0 saturated heterocycles. The van der Waals surface area contributed by atoms with E-state index in [0.717, 1.165) is 38.5 Å². The fourth-order valence-electron chi connectivity index (χ4n) is 3.03. The summed E-state index contributed by atoms with van der Waals surface area (Å²) in [4.78, 5) is 0. The van der Waals surface area contributed by atoms with Crippen molar-refractivity contribution in [3.63, 3.8) is 0 Å². The molecule has 2 rings (SSSR count). The van der Waals surface area contributed by atoms with E-state index >= 15 is 0 Å². The summed E-state index contributed by atoms with van der Waals surface area (Å²) in [7, 11) is 0. The van der Waals surface area contributed by atoms with E-state index in [2.05, 4.69) is 37.3 Å². The van der Waals surface area contributed by atoms with Crippen LogP contribution in [0.25, 0.3) is 0 Å². The van der Waals surface area contributed by atoms with E-state index in [1.54, 1.807) is 0 Å². The van der Waals surface area contributed by atoms with Gasteiger partial charge in [0.25, 0.3) is 0 Å². The Balaban J connectivity index is 2.16. The lowest BCUT2D eigenvalue weighted by molar-refractivity contribution is 0.0616. The molecular formula is C18H26O. The lowest BCUT2D eigenvalue weighted by Crippen LogP contribution is -2.34. The molecular weight excluding hydrogens is 232 g/mol. The molecule has 19 heavy (non-hydrogen) atoms. The average Bonchev–Trinajstić information content (AvgIpc) is 2.47. The molecule has 1 nitrogen and oxygen atoms in total. The Morgan fingerprint density at radius 3 is 2.58 bits per heavy atom. The summed E-state index contributed by atoms with van der Waals surface area (Å²) in [6, 6.07) is 10.4. The fourth-order valence-corrected chi connectivity index (χ4v) is 3.03. The van der Waals surface area contributed by atoms with E-state index in [1.165, 1.54) is 24.0 Å². The molecule has 0 heterocycles. The predicted molar refractivity (Wildman–Crippen MR) is 81.2 cm³/mol. The molecule has 0 aliphatic heterocycles. The predicted octanol–water partition coefficient (Wildman–Crippen LogP) is 4.65. The molecule has 1 aromatic rings. The van der Waals surface area contributed by atoms with Gasteiger partial charge in [0.05, 0.1) is 5.60 Å². The van der Waals surface area contributed by atoms with Crippen LogP contribution in [0.2, 0.25) is 0 Å². The van der Waals surface area contributed by atoms with Gasteiger partial charge in [-0.3, -0.25) is 0 Å². The Labute approximate surface area is 117 Å². The molecule has 0 radical (unpaired) electrons. The molecule has 104 valence electrons. The number of allylic oxidation sites excluding steroid dienone is 1. The standard InChI is InChI=1S/C18H26O/c1-2-3-14-18(19,17-12-8-5-9-13-17)15-16-10-6-4-7-11-16/h4,6-7,10-12,19H,2-3,5,8-9,13-15H2,1H3. The van der Waals surface area contributed by atoms with Crippen LogP contribution >= 0.6 is 0 Å². The lowest BCUT2D eigenvalue weighted by atomic mass is 9.78. The molecule has 0 fully saturated rings. The van der Waals surface area contributed by atoms with Crippen LogP contribution in [-0.4, -0.2) is 10.7 Å². The van der Waals surface area contributed by atoms with Gasteiger partial charge in [-0.15, -0.1) is 0 Å². The van der Waals surface area contributed by atoms with Crippen molar-refractivity contribution >= 4 is 0 Å². The molecule has 0 bridgehead atoms. The number of aliphatic hydroxyl groups is 1. The van der Waals surface area contributed by atoms with Gasteiger partial charge in [0.15, 0.2) is 0 Å². The van der Waals surface area contributed by atoms with Crippen molar-refractivity contribution in [2.45, 2.75) is 63.9 Å². The van der Waals surface area contributed by atoms with Gasteiger partial charge in [0.2, 0.25) is 0 Å². The minimum Gasteiger partial charge on any atom is -0.385 e. The first-order valence-electron chi connectivity index (χ1n) is 7.70. The first kappa shape index (κ1) is 14.3. The van der Waals surface area contributed by atoms with Crippen LogP contribution in [0.5, 0.6) is 0 Å². The van der Waals surface area contributed by atoms with Crippen LogP contribution in [0.1, 0.15) is 57.4 Å². The van der Waals surface area contributed by atoms with Crippen LogP contribution in [0.15, 0.2) is 42.0 Å². The highest BCUT2D eigenvalue weighted by Gasteiger charge is 2.31. The summed E-state index contributed by atoms with van der Waals surface area (Å²) in [5.74, 6) is 0. The zero-order valence-corrected chi connectivity index (χ0v) is 12.1. The molecule has 1 atom stereocenters. The van der Waals surface area contributed by atoms with Crippen LogP contribution in [0.3, 0.4) is 0 Å². The van der Waals surface area contributed by atoms with E-state index in [-0.39, 0.29) is 0 Å². The largest absolute Gasteiger partial charge is 0.385 e. The first-order valence-corrected chi connectivity index (χ1v) is 7.70. The van der Waals surface area contributed by atoms with Crippen LogP contribution in [-0.2, 0) is 6.42 Å². The highest BCUT2D eigenvalue weighted by molar-refractivity contribution is 5.25. The summed E-state index contributed by atoms with van der Waals surface area (Å²) in [6.07, 6.45) is 10.9. The molecule has 0 spiro atoms. The third-order valence-electron chi connectivity index (χ3n) is 4.17. The highest BCUT2D eigenvalue weighted by Crippen LogP contribution is 2.34. The van der Waals surface area contributed by atoms with E-state index in [1.807, 2.05) is 6.07 Å². The van der Waals surface area contributed by atoms with Gasteiger partial charge in [0.1, 0.15) is 0 Å². The Hall–Kier alpha value is -1.08. The van der Waals surface area contributed by atoms with E-state index in [4.69, 9.17) is 0 Å². The van der Waals surface area contributed by atoms with Crippen molar-refractivity contribution in [3.05, 3.63) is 47.5 Å². The molecule has 0 aromatic heterocycles. The van der Waals surface area contributed by atoms with Gasteiger partial charge in [-0.05, 0) is 43.2 Å². The molecule has 1 N–H and O–H groups in total. The maximum atomic E-state index is 11.2. The van der Waals surface area contributed by atoms with Crippen molar-refractivity contribution in [1.29, 1.82) is 0 Å². The normalized spacial score (nSPS) is 18.7. The van der Waals surface area contributed by atoms with Crippen LogP contribution in [0.4, 0.5) is 0 Å². The first-order chi connectivity index (χ1) is 9.24. The van der Waals surface area contributed by atoms with Gasteiger partial charge in [-0.25, -0.2) is 0 Å². The van der Waals surface area contributed by atoms with Gasteiger partial charge in [0, 0.05) is 6.42 Å². The molecule has 1 aliphatic rings. The molecule has 1 unspecified atom stereocenters. The zero-order valence-electron chi connectivity index (χ0n) is 12.1. The minimum absolute atomic E-state index is 0.613. The molecule has 1 heteroatoms. The fraction of sp³-hybridized carbons (Fsp3) is 0.556. The van der Waals surface area contributed by atoms with Crippen LogP contribution in [0, 0.1) is 0 Å². The summed E-state index contributed by atoms with van der Waals surface area (Å²) in [5.41, 5.74) is 1.92. The lowest BCUT2D eigenvalue weighted by Gasteiger charge is -2.33. The number of hydrogen-bond donors (Lipinski definition) is 1. The minimum atomic E-state index is -0.613. The van der Waals surface area contributed by atoms with Crippen molar-refractivity contribution in [2.75, 3.05) is 0 Å². The van der Waals surface area contributed by atoms with Crippen molar-refractivity contribution < 1.29 is 5.11 Å². The van der Waals surface area contributed by atoms with Gasteiger partial charge < -0.3 is 5.11 Å². The quantitative estimate of drug-likeness (QED) is 0.736. The van der Waals surface area contributed by atoms with Crippen molar-refractivity contribution in [2.24, 2.45) is 0 Å². The van der Waals surface area contributed by atoms with Gasteiger partial charge in [-0.1, -0.05) is 56.2 Å². The topological polar surface area (TPSA) is 20.2 Å². The second kappa shape index (κ2) is 6.91. The van der Waals surface area contributed by atoms with Gasteiger partial charge >= 0.3 is 0 Å². The molecule has 1 aromatic carbocycles. The smallest absolute Gasteiger partial charge is 0.0896 e. The molecule has 0 amide bonds. The van der Waals surface area contributed by atoms with E-state index in [0.29, 0.717) is 0 Å². The Kier molecular flexibility index (Phi) is 5.21. The third-order valence-corrected chi connectivity index (χ3v) is 4.17. The zero-order chi connectivity index (χ0) is 13.6. The van der Waals surface area contributed by atoms with E-state index in [9.17, 15) is 5.11 Å². The second-order valence-corrected chi connectivity index (χ2v) is 5.77. The number of benzene rings is 1. The number of unbranched alkanes of at least 4 members (excludes halogenated alkanes) is 1. The Morgan fingerprint density at radius 2 is 1.95 bits per heavy atom. The second-order valence-electron chi connectivity index (χ2n) is 5.77. The monoisotopic (exact) mass is 258 g/mol. The molecule has 0 saturated carbocycles. The Bertz CT molecular complexity index is 407. The highest BCUT2D eigenvalue weighted by atomic mass is 16.3. The summed E-state index contributed by atoms with van der Waals surface area (Å²) >= 11 is 0. The third kappa shape index (κ3) is 3.94. The Morgan fingerprint density at radius 1 is 1.16 bits per heavy atom. The maximum Gasteiger partial charge on any atom is 0.0896 e. The van der Waals surface area contributed by atoms with Crippen LogP contribution < -0.4 is 0 Å². The summed E-state index contributed by atoms with van der Waals surface area (Å²) in [5, 5.41) is 11.2. The summed E-state index contributed by atoms with van der Waals surface area (Å²) in [6.45, 7) is 2.19. The maximum absolute atomic E-state index is 11.2. The number of hydrogen-bond acceptors (Lipinski definition) is 1. The number of rotatable bonds is 6. The SMILES string of the molecule is CCCCC(O)(Cc1ccccc1)C1=CCCCC1. The van der Waals surface area contributed by atoms with Gasteiger partial charge in [-0.2, -0.15) is 0 Å². The van der Waals surface area contributed by atoms with Crippen molar-refractivity contribution in [1.82, 2.24) is 0 Å². The molecule has 1 aliphatic carbocycles. The van der Waals surface area contributed by atoms with E-state index < -0.39 is 5.60 Å².